The highest BCUT2D eigenvalue weighted by atomic mass is 32.1. The van der Waals surface area contributed by atoms with Crippen molar-refractivity contribution in [1.82, 2.24) is 4.90 Å². The van der Waals surface area contributed by atoms with E-state index in [1.807, 2.05) is 0 Å². The van der Waals surface area contributed by atoms with Crippen LogP contribution in [0.15, 0.2) is 17.5 Å². The van der Waals surface area contributed by atoms with Crippen LogP contribution in [0.4, 0.5) is 0 Å². The predicted molar refractivity (Wildman–Crippen MR) is 80.7 cm³/mol. The fourth-order valence-electron chi connectivity index (χ4n) is 3.29. The highest BCUT2D eigenvalue weighted by Crippen LogP contribution is 2.28. The summed E-state index contributed by atoms with van der Waals surface area (Å²) in [7, 11) is 0. The van der Waals surface area contributed by atoms with Crippen molar-refractivity contribution in [3.63, 3.8) is 0 Å². The fourth-order valence-corrected chi connectivity index (χ4v) is 4.01. The van der Waals surface area contributed by atoms with Gasteiger partial charge < -0.3 is 9.64 Å². The van der Waals surface area contributed by atoms with Crippen molar-refractivity contribution in [2.75, 3.05) is 13.2 Å². The molecule has 2 aliphatic rings. The number of rotatable bonds is 5. The first kappa shape index (κ1) is 14.1. The van der Waals surface area contributed by atoms with E-state index in [9.17, 15) is 4.79 Å². The largest absolute Gasteiger partial charge is 0.376 e. The van der Waals surface area contributed by atoms with Gasteiger partial charge in [-0.25, -0.2) is 0 Å². The summed E-state index contributed by atoms with van der Waals surface area (Å²) < 4.78 is 5.72. The van der Waals surface area contributed by atoms with E-state index >= 15 is 0 Å². The molecule has 1 aliphatic carbocycles. The van der Waals surface area contributed by atoms with Gasteiger partial charge in [0.25, 0.3) is 0 Å². The molecule has 0 N–H and O–H groups in total. The topological polar surface area (TPSA) is 29.5 Å². The molecule has 1 aromatic heterocycles. The van der Waals surface area contributed by atoms with Crippen LogP contribution >= 0.6 is 11.3 Å². The van der Waals surface area contributed by atoms with E-state index in [2.05, 4.69) is 22.4 Å². The van der Waals surface area contributed by atoms with Crippen LogP contribution in [0.5, 0.6) is 0 Å². The summed E-state index contributed by atoms with van der Waals surface area (Å²) in [6.45, 7) is 2.38. The maximum absolute atomic E-state index is 12.7. The smallest absolute Gasteiger partial charge is 0.226 e. The van der Waals surface area contributed by atoms with Crippen LogP contribution in [0.1, 0.15) is 43.4 Å². The molecular weight excluding hydrogens is 270 g/mol. The van der Waals surface area contributed by atoms with Gasteiger partial charge in [0.1, 0.15) is 0 Å². The molecular formula is C16H23NO2S. The van der Waals surface area contributed by atoms with E-state index in [4.69, 9.17) is 4.74 Å². The second-order valence-corrected chi connectivity index (χ2v) is 6.95. The molecule has 0 bridgehead atoms. The summed E-state index contributed by atoms with van der Waals surface area (Å²) in [6.07, 6.45) is 7.05. The predicted octanol–water partition coefficient (Wildman–Crippen LogP) is 3.45. The molecule has 0 aromatic carbocycles. The molecule has 1 aliphatic heterocycles. The quantitative estimate of drug-likeness (QED) is 0.832. The van der Waals surface area contributed by atoms with E-state index in [0.29, 0.717) is 5.91 Å². The monoisotopic (exact) mass is 293 g/mol. The van der Waals surface area contributed by atoms with Crippen molar-refractivity contribution in [1.29, 1.82) is 0 Å². The zero-order chi connectivity index (χ0) is 13.8. The average Bonchev–Trinajstić information content (AvgIpc) is 3.20. The second-order valence-electron chi connectivity index (χ2n) is 5.91. The van der Waals surface area contributed by atoms with E-state index in [0.717, 1.165) is 45.4 Å². The van der Waals surface area contributed by atoms with Gasteiger partial charge in [-0.1, -0.05) is 18.9 Å². The summed E-state index contributed by atoms with van der Waals surface area (Å²) in [4.78, 5) is 16.1. The summed E-state index contributed by atoms with van der Waals surface area (Å²) in [5.74, 6) is 0.614. The number of hydrogen-bond donors (Lipinski definition) is 0. The number of carbonyl (C=O) groups is 1. The van der Waals surface area contributed by atoms with Crippen molar-refractivity contribution in [3.8, 4) is 0 Å². The summed E-state index contributed by atoms with van der Waals surface area (Å²) in [6, 6.07) is 4.18. The van der Waals surface area contributed by atoms with Gasteiger partial charge in [-0.3, -0.25) is 4.79 Å². The Morgan fingerprint density at radius 2 is 2.15 bits per heavy atom. The lowest BCUT2D eigenvalue weighted by Crippen LogP contribution is -2.39. The lowest BCUT2D eigenvalue weighted by Gasteiger charge is -2.27. The Balaban J connectivity index is 1.66. The highest BCUT2D eigenvalue weighted by Gasteiger charge is 2.29. The number of thiophene rings is 1. The lowest BCUT2D eigenvalue weighted by atomic mass is 10.1. The van der Waals surface area contributed by atoms with Gasteiger partial charge in [-0.2, -0.15) is 0 Å². The van der Waals surface area contributed by atoms with E-state index < -0.39 is 0 Å². The fraction of sp³-hybridized carbons (Fsp3) is 0.688. The minimum atomic E-state index is 0.250. The van der Waals surface area contributed by atoms with E-state index in [1.54, 1.807) is 11.3 Å². The molecule has 1 aromatic rings. The number of amides is 1. The Hall–Kier alpha value is -0.870. The Labute approximate surface area is 124 Å². The Bertz CT molecular complexity index is 420. The molecule has 20 heavy (non-hydrogen) atoms. The first-order chi connectivity index (χ1) is 9.83. The molecule has 1 saturated heterocycles. The minimum absolute atomic E-state index is 0.250. The van der Waals surface area contributed by atoms with Gasteiger partial charge >= 0.3 is 0 Å². The third-order valence-corrected chi connectivity index (χ3v) is 5.25. The van der Waals surface area contributed by atoms with Crippen LogP contribution in [0.2, 0.25) is 0 Å². The zero-order valence-electron chi connectivity index (χ0n) is 11.9. The van der Waals surface area contributed by atoms with Crippen LogP contribution in [0, 0.1) is 5.92 Å². The van der Waals surface area contributed by atoms with Crippen LogP contribution in [-0.2, 0) is 16.1 Å². The third-order valence-electron chi connectivity index (χ3n) is 4.39. The molecule has 3 nitrogen and oxygen atoms in total. The number of carbonyl (C=O) groups excluding carboxylic acids is 1. The van der Waals surface area contributed by atoms with Crippen LogP contribution < -0.4 is 0 Å². The van der Waals surface area contributed by atoms with Gasteiger partial charge in [-0.15, -0.1) is 11.3 Å². The summed E-state index contributed by atoms with van der Waals surface area (Å²) in [5.41, 5.74) is 0. The normalized spacial score (nSPS) is 23.3. The number of ether oxygens (including phenoxy) is 1. The molecule has 0 radical (unpaired) electrons. The molecule has 3 rings (SSSR count). The standard InChI is InChI=1S/C16H23NO2S/c18-16(13-5-1-2-6-13)17(11-14-7-3-9-19-14)12-15-8-4-10-20-15/h4,8,10,13-14H,1-3,5-7,9,11-12H2/t14-/m1/s1. The van der Waals surface area contributed by atoms with E-state index in [-0.39, 0.29) is 12.0 Å². The van der Waals surface area contributed by atoms with E-state index in [1.165, 1.54) is 17.7 Å². The molecule has 4 heteroatoms. The third kappa shape index (κ3) is 3.41. The van der Waals surface area contributed by atoms with Gasteiger partial charge in [0.15, 0.2) is 0 Å². The van der Waals surface area contributed by atoms with Gasteiger partial charge in [0, 0.05) is 23.9 Å². The second kappa shape index (κ2) is 6.72. The van der Waals surface area contributed by atoms with Crippen molar-refractivity contribution in [2.45, 2.75) is 51.2 Å². The molecule has 2 heterocycles. The number of nitrogens with zero attached hydrogens (tertiary/aromatic N) is 1. The zero-order valence-corrected chi connectivity index (χ0v) is 12.7. The summed E-state index contributed by atoms with van der Waals surface area (Å²) >= 11 is 1.73. The Kier molecular flexibility index (Phi) is 4.73. The Morgan fingerprint density at radius 3 is 2.80 bits per heavy atom. The highest BCUT2D eigenvalue weighted by molar-refractivity contribution is 7.09. The van der Waals surface area contributed by atoms with Gasteiger partial charge in [0.05, 0.1) is 12.6 Å². The molecule has 1 saturated carbocycles. The minimum Gasteiger partial charge on any atom is -0.376 e. The molecule has 0 unspecified atom stereocenters. The Morgan fingerprint density at radius 1 is 1.30 bits per heavy atom. The first-order valence-electron chi connectivity index (χ1n) is 7.75. The molecule has 2 fully saturated rings. The number of hydrogen-bond acceptors (Lipinski definition) is 3. The maximum atomic E-state index is 12.7. The average molecular weight is 293 g/mol. The molecule has 1 amide bonds. The lowest BCUT2D eigenvalue weighted by molar-refractivity contribution is -0.137. The first-order valence-corrected chi connectivity index (χ1v) is 8.63. The van der Waals surface area contributed by atoms with Gasteiger partial charge in [-0.05, 0) is 37.1 Å². The maximum Gasteiger partial charge on any atom is 0.226 e. The van der Waals surface area contributed by atoms with Crippen molar-refractivity contribution in [3.05, 3.63) is 22.4 Å². The van der Waals surface area contributed by atoms with Gasteiger partial charge in [0.2, 0.25) is 5.91 Å². The van der Waals surface area contributed by atoms with Crippen molar-refractivity contribution >= 4 is 17.2 Å². The SMILES string of the molecule is O=C(C1CCCC1)N(Cc1cccs1)C[C@H]1CCCO1. The van der Waals surface area contributed by atoms with Crippen LogP contribution in [0.25, 0.3) is 0 Å². The molecule has 1 atom stereocenters. The molecule has 0 spiro atoms. The summed E-state index contributed by atoms with van der Waals surface area (Å²) in [5, 5.41) is 2.08. The van der Waals surface area contributed by atoms with Crippen LogP contribution in [-0.4, -0.2) is 30.1 Å². The van der Waals surface area contributed by atoms with Crippen LogP contribution in [0.3, 0.4) is 0 Å². The van der Waals surface area contributed by atoms with Crippen molar-refractivity contribution in [2.24, 2.45) is 5.92 Å². The molecule has 110 valence electrons. The van der Waals surface area contributed by atoms with Crippen molar-refractivity contribution < 1.29 is 9.53 Å².